The van der Waals surface area contributed by atoms with Crippen LogP contribution in [0.15, 0.2) is 12.4 Å². The summed E-state index contributed by atoms with van der Waals surface area (Å²) in [7, 11) is -8.21. The van der Waals surface area contributed by atoms with Gasteiger partial charge in [-0.25, -0.2) is 8.78 Å². The average molecular weight is 378 g/mol. The second kappa shape index (κ2) is 5.19. The highest BCUT2D eigenvalue weighted by Crippen LogP contribution is 2.59. The lowest BCUT2D eigenvalue weighted by Crippen LogP contribution is -2.69. The van der Waals surface area contributed by atoms with Crippen molar-refractivity contribution in [1.29, 1.82) is 0 Å². The third kappa shape index (κ3) is 2.62. The third-order valence-electron chi connectivity index (χ3n) is 2.19. The van der Waals surface area contributed by atoms with Gasteiger partial charge >= 0.3 is 39.2 Å². The van der Waals surface area contributed by atoms with Crippen molar-refractivity contribution < 1.29 is 60.6 Å². The molecule has 0 aromatic rings. The minimum atomic E-state index is -8.21. The van der Waals surface area contributed by atoms with Gasteiger partial charge in [-0.15, -0.1) is 3.89 Å². The van der Waals surface area contributed by atoms with Crippen molar-refractivity contribution in [3.63, 3.8) is 0 Å². The number of hydrogen-bond donors (Lipinski definition) is 0. The molecule has 0 radical (unpaired) electrons. The number of rotatable bonds is 5. The third-order valence-corrected chi connectivity index (χ3v) is 3.35. The van der Waals surface area contributed by atoms with Gasteiger partial charge in [0.25, 0.3) is 0 Å². The van der Waals surface area contributed by atoms with Gasteiger partial charge in [0.05, 0.1) is 6.33 Å². The first-order chi connectivity index (χ1) is 9.31. The molecule has 0 saturated heterocycles. The van der Waals surface area contributed by atoms with E-state index < -0.39 is 51.6 Å². The zero-order valence-electron chi connectivity index (χ0n) is 9.42. The van der Waals surface area contributed by atoms with Crippen LogP contribution in [0.5, 0.6) is 0 Å². The zero-order valence-corrected chi connectivity index (χ0v) is 10.2. The van der Waals surface area contributed by atoms with E-state index in [1.54, 1.807) is 0 Å². The quantitative estimate of drug-likeness (QED) is 0.537. The summed E-state index contributed by atoms with van der Waals surface area (Å²) in [5, 5.41) is -7.70. The Morgan fingerprint density at radius 3 is 1.32 bits per heavy atom. The fraction of sp³-hybridized carbons (Fsp3) is 0.714. The van der Waals surface area contributed by atoms with E-state index in [0.717, 1.165) is 0 Å². The van der Waals surface area contributed by atoms with Crippen molar-refractivity contribution in [2.24, 2.45) is 0 Å². The molecule has 0 aliphatic rings. The van der Waals surface area contributed by atoms with Crippen molar-refractivity contribution in [3.05, 3.63) is 12.4 Å². The Labute approximate surface area is 113 Å². The molecule has 1 unspecified atom stereocenters. The molecule has 0 N–H and O–H groups in total. The maximum Gasteiger partial charge on any atom is 0.446 e. The van der Waals surface area contributed by atoms with Crippen LogP contribution in [0, 0.1) is 0 Å². The normalized spacial score (nSPS) is 18.5. The number of alkyl halides is 10. The summed E-state index contributed by atoms with van der Waals surface area (Å²) in [6.07, 6.45) is -10.8. The van der Waals surface area contributed by atoms with Crippen LogP contribution in [-0.4, -0.2) is 37.4 Å². The Balaban J connectivity index is 6.64. The van der Waals surface area contributed by atoms with E-state index in [2.05, 4.69) is 0 Å². The van der Waals surface area contributed by atoms with Gasteiger partial charge in [0.15, 0.2) is 0 Å². The van der Waals surface area contributed by atoms with Crippen LogP contribution in [0.2, 0.25) is 0 Å². The minimum absolute atomic E-state index is 1.50. The van der Waals surface area contributed by atoms with Gasteiger partial charge in [0, 0.05) is 6.08 Å². The van der Waals surface area contributed by atoms with Crippen molar-refractivity contribution in [2.75, 3.05) is 0 Å². The van der Waals surface area contributed by atoms with E-state index in [-0.39, 0.29) is 0 Å². The van der Waals surface area contributed by atoms with Gasteiger partial charge < -0.3 is 0 Å². The lowest BCUT2D eigenvalue weighted by molar-refractivity contribution is -0.359. The molecule has 132 valence electrons. The first kappa shape index (κ1) is 20.9. The maximum absolute atomic E-state index is 13.1. The second-order valence-electron chi connectivity index (χ2n) is 3.60. The van der Waals surface area contributed by atoms with E-state index in [1.165, 1.54) is 0 Å². The summed E-state index contributed by atoms with van der Waals surface area (Å²) in [6, 6.07) is 0. The Morgan fingerprint density at radius 2 is 1.09 bits per heavy atom. The Bertz CT molecular complexity index is 546. The molecule has 22 heavy (non-hydrogen) atoms. The van der Waals surface area contributed by atoms with E-state index in [0.29, 0.717) is 0 Å². The highest BCUT2D eigenvalue weighted by molar-refractivity contribution is 7.87. The molecule has 0 rings (SSSR count). The Morgan fingerprint density at radius 1 is 0.727 bits per heavy atom. The Kier molecular flexibility index (Phi) is 4.92. The molecular weight excluding hydrogens is 376 g/mol. The van der Waals surface area contributed by atoms with Gasteiger partial charge in [-0.05, 0) is 0 Å². The maximum atomic E-state index is 13.1. The van der Waals surface area contributed by atoms with Gasteiger partial charge in [0.1, 0.15) is 0 Å². The van der Waals surface area contributed by atoms with Crippen LogP contribution in [-0.2, 0) is 10.2 Å². The largest absolute Gasteiger partial charge is 0.446 e. The molecular formula is C7H2F12O2S. The molecule has 0 heterocycles. The number of allylic oxidation sites excluding steroid dienone is 1. The van der Waals surface area contributed by atoms with Crippen molar-refractivity contribution in [3.8, 4) is 0 Å². The predicted molar refractivity (Wildman–Crippen MR) is 45.0 cm³/mol. The standard InChI is InChI=1S/C7H2F12O2S/c8-2-1-3(9,10)4(11,12)5(13,14)6(15,7(16,17)18)22(19,20)21/h1-2H. The lowest BCUT2D eigenvalue weighted by Gasteiger charge is -2.37. The molecule has 0 amide bonds. The summed E-state index contributed by atoms with van der Waals surface area (Å²) in [5.74, 6) is -21.8. The Hall–Kier alpha value is -1.15. The zero-order chi connectivity index (χ0) is 18.4. The van der Waals surface area contributed by atoms with Crippen LogP contribution in [0.1, 0.15) is 0 Å². The molecule has 0 aliphatic heterocycles. The lowest BCUT2D eigenvalue weighted by atomic mass is 9.99. The van der Waals surface area contributed by atoms with Crippen LogP contribution in [0.25, 0.3) is 0 Å². The molecule has 0 aromatic carbocycles. The predicted octanol–water partition coefficient (Wildman–Crippen LogP) is 3.90. The summed E-state index contributed by atoms with van der Waals surface area (Å²) in [4.78, 5) is 0. The van der Waals surface area contributed by atoms with Crippen LogP contribution in [0.3, 0.4) is 0 Å². The highest BCUT2D eigenvalue weighted by Gasteiger charge is 2.90. The molecule has 15 heteroatoms. The van der Waals surface area contributed by atoms with Gasteiger partial charge in [0.2, 0.25) is 0 Å². The van der Waals surface area contributed by atoms with Crippen LogP contribution in [0.4, 0.5) is 52.2 Å². The van der Waals surface area contributed by atoms with Crippen molar-refractivity contribution in [2.45, 2.75) is 28.9 Å². The molecule has 0 aliphatic carbocycles. The minimum Gasteiger partial charge on any atom is -0.216 e. The molecule has 0 aromatic heterocycles. The van der Waals surface area contributed by atoms with E-state index in [9.17, 15) is 60.6 Å². The smallest absolute Gasteiger partial charge is 0.216 e. The monoisotopic (exact) mass is 378 g/mol. The molecule has 2 nitrogen and oxygen atoms in total. The second-order valence-corrected chi connectivity index (χ2v) is 5.03. The van der Waals surface area contributed by atoms with E-state index >= 15 is 0 Å². The van der Waals surface area contributed by atoms with Crippen molar-refractivity contribution in [1.82, 2.24) is 0 Å². The fourth-order valence-corrected chi connectivity index (χ4v) is 1.78. The number of halogens is 12. The highest BCUT2D eigenvalue weighted by atomic mass is 32.3. The summed E-state index contributed by atoms with van der Waals surface area (Å²) >= 11 is 0. The van der Waals surface area contributed by atoms with Gasteiger partial charge in [-0.1, -0.05) is 0 Å². The molecule has 0 saturated carbocycles. The topological polar surface area (TPSA) is 34.1 Å². The molecule has 0 spiro atoms. The van der Waals surface area contributed by atoms with E-state index in [4.69, 9.17) is 0 Å². The fourth-order valence-electron chi connectivity index (χ4n) is 1.06. The van der Waals surface area contributed by atoms with Crippen LogP contribution < -0.4 is 0 Å². The average Bonchev–Trinajstić information content (AvgIpc) is 2.23. The van der Waals surface area contributed by atoms with E-state index in [1.807, 2.05) is 0 Å². The molecule has 0 fully saturated rings. The summed E-state index contributed by atoms with van der Waals surface area (Å²) in [5.41, 5.74) is 0. The SMILES string of the molecule is O=S(=O)(F)C(F)(C(F)(F)F)C(F)(F)C(F)(F)C(F)(F)C=CF. The van der Waals surface area contributed by atoms with Gasteiger partial charge in [-0.3, -0.25) is 0 Å². The summed E-state index contributed by atoms with van der Waals surface area (Å²) in [6.45, 7) is 0. The first-order valence-electron chi connectivity index (χ1n) is 4.42. The number of hydrogen-bond acceptors (Lipinski definition) is 2. The molecule has 0 bridgehead atoms. The first-order valence-corrected chi connectivity index (χ1v) is 5.81. The van der Waals surface area contributed by atoms with Crippen LogP contribution >= 0.6 is 0 Å². The summed E-state index contributed by atoms with van der Waals surface area (Å²) < 4.78 is 170. The molecule has 1 atom stereocenters. The van der Waals surface area contributed by atoms with Gasteiger partial charge in [-0.2, -0.15) is 47.9 Å². The van der Waals surface area contributed by atoms with Crippen molar-refractivity contribution >= 4 is 10.2 Å².